The molecule has 1 atom stereocenters. The van der Waals surface area contributed by atoms with E-state index < -0.39 is 0 Å². The highest BCUT2D eigenvalue weighted by Gasteiger charge is 2.25. The summed E-state index contributed by atoms with van der Waals surface area (Å²) >= 11 is 6.27. The van der Waals surface area contributed by atoms with Crippen LogP contribution in [-0.2, 0) is 0 Å². The second-order valence-corrected chi connectivity index (χ2v) is 5.81. The van der Waals surface area contributed by atoms with E-state index in [9.17, 15) is 0 Å². The molecule has 0 radical (unpaired) electrons. The largest absolute Gasteiger partial charge is 0.454 e. The van der Waals surface area contributed by atoms with Gasteiger partial charge in [-0.25, -0.2) is 0 Å². The third kappa shape index (κ3) is 2.60. The molecule has 1 aromatic carbocycles. The van der Waals surface area contributed by atoms with Gasteiger partial charge in [0, 0.05) is 37.3 Å². The lowest BCUT2D eigenvalue weighted by Gasteiger charge is -2.21. The molecular weight excluding hydrogens is 264 g/mol. The van der Waals surface area contributed by atoms with E-state index in [1.807, 2.05) is 12.1 Å². The Hall–Kier alpha value is -1.13. The zero-order valence-corrected chi connectivity index (χ0v) is 12.0. The fourth-order valence-corrected chi connectivity index (χ4v) is 2.83. The maximum atomic E-state index is 6.27. The van der Waals surface area contributed by atoms with Gasteiger partial charge in [0.1, 0.15) is 0 Å². The number of hydrogen-bond acceptors (Lipinski definition) is 4. The Bertz CT molecular complexity index is 479. The molecule has 1 aromatic rings. The van der Waals surface area contributed by atoms with Crippen molar-refractivity contribution in [1.82, 2.24) is 4.90 Å². The van der Waals surface area contributed by atoms with Crippen LogP contribution in [0.4, 0.5) is 5.69 Å². The number of rotatable bonds is 3. The first-order chi connectivity index (χ1) is 9.13. The highest BCUT2D eigenvalue weighted by molar-refractivity contribution is 6.33. The van der Waals surface area contributed by atoms with Crippen molar-refractivity contribution >= 4 is 17.3 Å². The smallest absolute Gasteiger partial charge is 0.231 e. The number of nitrogens with one attached hydrogen (secondary N) is 1. The molecule has 104 valence electrons. The lowest BCUT2D eigenvalue weighted by atomic mass is 10.2. The summed E-state index contributed by atoms with van der Waals surface area (Å²) in [6.45, 7) is 6.94. The minimum Gasteiger partial charge on any atom is -0.454 e. The molecule has 2 aliphatic rings. The van der Waals surface area contributed by atoms with Crippen LogP contribution in [0.25, 0.3) is 0 Å². The molecule has 0 bridgehead atoms. The van der Waals surface area contributed by atoms with Gasteiger partial charge in [-0.05, 0) is 20.3 Å². The van der Waals surface area contributed by atoms with Crippen LogP contribution in [0, 0.1) is 0 Å². The molecule has 0 aliphatic carbocycles. The van der Waals surface area contributed by atoms with Gasteiger partial charge in [0.15, 0.2) is 11.5 Å². The molecule has 0 amide bonds. The molecule has 0 saturated carbocycles. The Morgan fingerprint density at radius 1 is 1.32 bits per heavy atom. The highest BCUT2D eigenvalue weighted by atomic mass is 35.5. The van der Waals surface area contributed by atoms with E-state index in [0.29, 0.717) is 17.1 Å². The van der Waals surface area contributed by atoms with Gasteiger partial charge in [0.25, 0.3) is 0 Å². The molecule has 3 rings (SSSR count). The van der Waals surface area contributed by atoms with Crippen molar-refractivity contribution in [1.29, 1.82) is 0 Å². The lowest BCUT2D eigenvalue weighted by molar-refractivity contribution is 0.174. The van der Waals surface area contributed by atoms with Crippen molar-refractivity contribution < 1.29 is 9.47 Å². The van der Waals surface area contributed by atoms with E-state index in [2.05, 4.69) is 24.1 Å². The van der Waals surface area contributed by atoms with E-state index in [-0.39, 0.29) is 6.79 Å². The maximum Gasteiger partial charge on any atom is 0.231 e. The monoisotopic (exact) mass is 282 g/mol. The molecule has 4 nitrogen and oxygen atoms in total. The topological polar surface area (TPSA) is 33.7 Å². The highest BCUT2D eigenvalue weighted by Crippen LogP contribution is 2.39. The molecule has 0 spiro atoms. The Morgan fingerprint density at radius 3 is 2.74 bits per heavy atom. The van der Waals surface area contributed by atoms with Crippen molar-refractivity contribution in [3.05, 3.63) is 17.2 Å². The van der Waals surface area contributed by atoms with E-state index in [0.717, 1.165) is 36.7 Å². The van der Waals surface area contributed by atoms with Crippen LogP contribution in [0.5, 0.6) is 11.5 Å². The van der Waals surface area contributed by atoms with E-state index in [1.165, 1.54) is 0 Å². The van der Waals surface area contributed by atoms with Crippen LogP contribution in [0.2, 0.25) is 5.02 Å². The predicted octanol–water partition coefficient (Wildman–Crippen LogP) is 2.96. The number of ether oxygens (including phenoxy) is 2. The fourth-order valence-electron chi connectivity index (χ4n) is 2.62. The van der Waals surface area contributed by atoms with Gasteiger partial charge < -0.3 is 14.8 Å². The molecule has 2 aliphatic heterocycles. The number of hydrogen-bond donors (Lipinski definition) is 1. The third-order valence-electron chi connectivity index (χ3n) is 3.77. The predicted molar refractivity (Wildman–Crippen MR) is 76.3 cm³/mol. The van der Waals surface area contributed by atoms with E-state index in [4.69, 9.17) is 21.1 Å². The molecule has 1 unspecified atom stereocenters. The molecule has 5 heteroatoms. The van der Waals surface area contributed by atoms with Gasteiger partial charge in [-0.1, -0.05) is 11.6 Å². The molecule has 2 heterocycles. The summed E-state index contributed by atoms with van der Waals surface area (Å²) in [7, 11) is 0. The van der Waals surface area contributed by atoms with Gasteiger partial charge in [0.2, 0.25) is 6.79 Å². The molecular formula is C14H19ClN2O2. The normalized spacial score (nSPS) is 22.2. The van der Waals surface area contributed by atoms with Crippen LogP contribution >= 0.6 is 11.6 Å². The van der Waals surface area contributed by atoms with Gasteiger partial charge >= 0.3 is 0 Å². The fraction of sp³-hybridized carbons (Fsp3) is 0.571. The summed E-state index contributed by atoms with van der Waals surface area (Å²) in [6, 6.07) is 4.80. The van der Waals surface area contributed by atoms with Crippen LogP contribution in [0.3, 0.4) is 0 Å². The number of anilines is 1. The summed E-state index contributed by atoms with van der Waals surface area (Å²) in [6.07, 6.45) is 1.14. The van der Waals surface area contributed by atoms with Gasteiger partial charge in [0.05, 0.1) is 10.7 Å². The van der Waals surface area contributed by atoms with Gasteiger partial charge in [-0.2, -0.15) is 0 Å². The first kappa shape index (κ1) is 12.9. The maximum absolute atomic E-state index is 6.27. The summed E-state index contributed by atoms with van der Waals surface area (Å²) in [5.74, 6) is 1.50. The summed E-state index contributed by atoms with van der Waals surface area (Å²) in [5, 5.41) is 4.20. The van der Waals surface area contributed by atoms with Crippen LogP contribution in [-0.4, -0.2) is 36.9 Å². The SMILES string of the molecule is CC(C)N1CCC(Nc2cc3c(cc2Cl)OCO3)C1. The van der Waals surface area contributed by atoms with Crippen molar-refractivity contribution in [3.63, 3.8) is 0 Å². The quantitative estimate of drug-likeness (QED) is 0.924. The van der Waals surface area contributed by atoms with Gasteiger partial charge in [-0.15, -0.1) is 0 Å². The second-order valence-electron chi connectivity index (χ2n) is 5.40. The molecule has 1 saturated heterocycles. The Morgan fingerprint density at radius 2 is 2.05 bits per heavy atom. The summed E-state index contributed by atoms with van der Waals surface area (Å²) in [5.41, 5.74) is 0.932. The zero-order chi connectivity index (χ0) is 13.4. The van der Waals surface area contributed by atoms with E-state index in [1.54, 1.807) is 0 Å². The number of benzene rings is 1. The Kier molecular flexibility index (Phi) is 3.46. The molecule has 0 aromatic heterocycles. The van der Waals surface area contributed by atoms with Crippen molar-refractivity contribution in [3.8, 4) is 11.5 Å². The number of halogens is 1. The van der Waals surface area contributed by atoms with Crippen LogP contribution in [0.15, 0.2) is 12.1 Å². The van der Waals surface area contributed by atoms with E-state index >= 15 is 0 Å². The van der Waals surface area contributed by atoms with Crippen LogP contribution < -0.4 is 14.8 Å². The molecule has 19 heavy (non-hydrogen) atoms. The second kappa shape index (κ2) is 5.10. The van der Waals surface area contributed by atoms with Crippen molar-refractivity contribution in [2.75, 3.05) is 25.2 Å². The average molecular weight is 283 g/mol. The lowest BCUT2D eigenvalue weighted by Crippen LogP contribution is -2.31. The average Bonchev–Trinajstić information content (AvgIpc) is 2.98. The summed E-state index contributed by atoms with van der Waals surface area (Å²) in [4.78, 5) is 2.47. The summed E-state index contributed by atoms with van der Waals surface area (Å²) < 4.78 is 10.7. The number of likely N-dealkylation sites (tertiary alicyclic amines) is 1. The molecule has 1 fully saturated rings. The van der Waals surface area contributed by atoms with Crippen molar-refractivity contribution in [2.45, 2.75) is 32.4 Å². The Labute approximate surface area is 118 Å². The van der Waals surface area contributed by atoms with Gasteiger partial charge in [-0.3, -0.25) is 4.90 Å². The Balaban J connectivity index is 1.71. The number of nitrogens with zero attached hydrogens (tertiary/aromatic N) is 1. The minimum absolute atomic E-state index is 0.277. The van der Waals surface area contributed by atoms with Crippen molar-refractivity contribution in [2.24, 2.45) is 0 Å². The molecule has 1 N–H and O–H groups in total. The zero-order valence-electron chi connectivity index (χ0n) is 11.3. The van der Waals surface area contributed by atoms with Crippen LogP contribution in [0.1, 0.15) is 20.3 Å². The third-order valence-corrected chi connectivity index (χ3v) is 4.08. The standard InChI is InChI=1S/C14H19ClN2O2/c1-9(2)17-4-3-10(7-17)16-12-6-14-13(5-11(12)15)18-8-19-14/h5-6,9-10,16H,3-4,7-8H2,1-2H3. The first-order valence-corrected chi connectivity index (χ1v) is 7.11. The minimum atomic E-state index is 0.277. The number of fused-ring (bicyclic) bond motifs is 1. The first-order valence-electron chi connectivity index (χ1n) is 6.73.